The lowest BCUT2D eigenvalue weighted by atomic mass is 10.1. The van der Waals surface area contributed by atoms with Crippen LogP contribution in [0, 0.1) is 5.92 Å². The topological polar surface area (TPSA) is 73.0 Å². The highest BCUT2D eigenvalue weighted by Gasteiger charge is 2.15. The predicted octanol–water partition coefficient (Wildman–Crippen LogP) is 4.60. The average molecular weight is 360 g/mol. The Morgan fingerprint density at radius 3 is 2.78 bits per heavy atom. The van der Waals surface area contributed by atoms with E-state index in [4.69, 9.17) is 4.52 Å². The number of imidazole rings is 1. The van der Waals surface area contributed by atoms with Gasteiger partial charge in [-0.2, -0.15) is 0 Å². The normalized spacial score (nSPS) is 11.2. The van der Waals surface area contributed by atoms with Crippen LogP contribution >= 0.6 is 0 Å². The fourth-order valence-electron chi connectivity index (χ4n) is 3.03. The Labute approximate surface area is 156 Å². The number of hydrogen-bond acceptors (Lipinski definition) is 4. The Bertz CT molecular complexity index is 1080. The molecule has 1 N–H and O–H groups in total. The van der Waals surface area contributed by atoms with E-state index in [1.165, 1.54) is 0 Å². The summed E-state index contributed by atoms with van der Waals surface area (Å²) in [5, 5.41) is 7.79. The monoisotopic (exact) mass is 360 g/mol. The van der Waals surface area contributed by atoms with Crippen LogP contribution in [0.5, 0.6) is 0 Å². The van der Waals surface area contributed by atoms with Gasteiger partial charge in [0.25, 0.3) is 5.91 Å². The molecule has 6 nitrogen and oxygen atoms in total. The maximum Gasteiger partial charge on any atom is 0.257 e. The van der Waals surface area contributed by atoms with Gasteiger partial charge >= 0.3 is 0 Å². The van der Waals surface area contributed by atoms with Crippen molar-refractivity contribution in [1.82, 2.24) is 14.7 Å². The lowest BCUT2D eigenvalue weighted by Crippen LogP contribution is -2.17. The minimum absolute atomic E-state index is 0.215. The SMILES string of the molecule is CC(C)Cn1ccnc1NC(=O)c1ccc2noc(-c3ccccc3)c2c1. The minimum Gasteiger partial charge on any atom is -0.355 e. The molecule has 2 heterocycles. The van der Waals surface area contributed by atoms with E-state index in [-0.39, 0.29) is 5.91 Å². The Kier molecular flexibility index (Phi) is 4.46. The number of fused-ring (bicyclic) bond motifs is 1. The van der Waals surface area contributed by atoms with Gasteiger partial charge in [-0.1, -0.05) is 49.3 Å². The summed E-state index contributed by atoms with van der Waals surface area (Å²) >= 11 is 0. The third-order valence-corrected chi connectivity index (χ3v) is 4.28. The van der Waals surface area contributed by atoms with Crippen molar-refractivity contribution in [2.24, 2.45) is 5.92 Å². The number of anilines is 1. The maximum absolute atomic E-state index is 12.7. The first-order valence-corrected chi connectivity index (χ1v) is 8.89. The quantitative estimate of drug-likeness (QED) is 0.564. The molecule has 4 aromatic rings. The first kappa shape index (κ1) is 17.0. The van der Waals surface area contributed by atoms with Crippen molar-refractivity contribution < 1.29 is 9.32 Å². The number of benzene rings is 2. The number of carbonyl (C=O) groups excluding carboxylic acids is 1. The third kappa shape index (κ3) is 3.46. The largest absolute Gasteiger partial charge is 0.355 e. The summed E-state index contributed by atoms with van der Waals surface area (Å²) in [6, 6.07) is 15.1. The van der Waals surface area contributed by atoms with Crippen molar-refractivity contribution in [3.8, 4) is 11.3 Å². The summed E-state index contributed by atoms with van der Waals surface area (Å²) in [4.78, 5) is 17.0. The van der Waals surface area contributed by atoms with Gasteiger partial charge in [-0.05, 0) is 24.1 Å². The molecule has 0 bridgehead atoms. The standard InChI is InChI=1S/C21H20N4O2/c1-14(2)13-25-11-10-22-21(25)23-20(26)16-8-9-18-17(12-16)19(27-24-18)15-6-4-3-5-7-15/h3-12,14H,13H2,1-2H3,(H,22,23,26). The van der Waals surface area contributed by atoms with E-state index in [2.05, 4.69) is 29.3 Å². The van der Waals surface area contributed by atoms with Crippen molar-refractivity contribution >= 4 is 22.8 Å². The number of carbonyl (C=O) groups is 1. The smallest absolute Gasteiger partial charge is 0.257 e. The molecule has 0 spiro atoms. The summed E-state index contributed by atoms with van der Waals surface area (Å²) in [7, 11) is 0. The minimum atomic E-state index is -0.215. The van der Waals surface area contributed by atoms with Gasteiger partial charge in [-0.3, -0.25) is 10.1 Å². The Morgan fingerprint density at radius 1 is 1.19 bits per heavy atom. The first-order valence-electron chi connectivity index (χ1n) is 8.89. The lowest BCUT2D eigenvalue weighted by Gasteiger charge is -2.11. The molecule has 27 heavy (non-hydrogen) atoms. The van der Waals surface area contributed by atoms with E-state index >= 15 is 0 Å². The van der Waals surface area contributed by atoms with Crippen LogP contribution in [0.25, 0.3) is 22.2 Å². The highest BCUT2D eigenvalue weighted by molar-refractivity contribution is 6.06. The van der Waals surface area contributed by atoms with E-state index < -0.39 is 0 Å². The van der Waals surface area contributed by atoms with Gasteiger partial charge in [0.2, 0.25) is 5.95 Å². The number of rotatable bonds is 5. The van der Waals surface area contributed by atoms with E-state index in [1.54, 1.807) is 24.4 Å². The van der Waals surface area contributed by atoms with Gasteiger partial charge < -0.3 is 9.09 Å². The number of aromatic nitrogens is 3. The molecule has 0 saturated carbocycles. The van der Waals surface area contributed by atoms with Crippen molar-refractivity contribution in [2.75, 3.05) is 5.32 Å². The molecule has 2 aromatic heterocycles. The Morgan fingerprint density at radius 2 is 2.00 bits per heavy atom. The molecule has 0 aliphatic carbocycles. The van der Waals surface area contributed by atoms with E-state index in [0.717, 1.165) is 17.5 Å². The molecule has 0 radical (unpaired) electrons. The van der Waals surface area contributed by atoms with Crippen LogP contribution in [0.15, 0.2) is 65.4 Å². The maximum atomic E-state index is 12.7. The fourth-order valence-corrected chi connectivity index (χ4v) is 3.03. The molecule has 2 aromatic carbocycles. The first-order chi connectivity index (χ1) is 13.1. The summed E-state index contributed by atoms with van der Waals surface area (Å²) < 4.78 is 7.45. The van der Waals surface area contributed by atoms with E-state index in [1.807, 2.05) is 41.1 Å². The van der Waals surface area contributed by atoms with Crippen LogP contribution in [0.2, 0.25) is 0 Å². The highest BCUT2D eigenvalue weighted by Crippen LogP contribution is 2.29. The Balaban J connectivity index is 1.64. The van der Waals surface area contributed by atoms with E-state index in [9.17, 15) is 4.79 Å². The zero-order valence-electron chi connectivity index (χ0n) is 15.2. The van der Waals surface area contributed by atoms with Gasteiger partial charge in [-0.15, -0.1) is 0 Å². The Hall–Kier alpha value is -3.41. The van der Waals surface area contributed by atoms with Crippen molar-refractivity contribution in [2.45, 2.75) is 20.4 Å². The molecule has 6 heteroatoms. The summed E-state index contributed by atoms with van der Waals surface area (Å²) in [6.07, 6.45) is 3.56. The molecule has 1 amide bonds. The van der Waals surface area contributed by atoms with Crippen molar-refractivity contribution in [1.29, 1.82) is 0 Å². The second-order valence-corrected chi connectivity index (χ2v) is 6.86. The van der Waals surface area contributed by atoms with Gasteiger partial charge in [0.15, 0.2) is 5.76 Å². The highest BCUT2D eigenvalue weighted by atomic mass is 16.5. The molecular formula is C21H20N4O2. The van der Waals surface area contributed by atoms with Gasteiger partial charge in [0, 0.05) is 30.1 Å². The van der Waals surface area contributed by atoms with Crippen LogP contribution in [0.3, 0.4) is 0 Å². The van der Waals surface area contributed by atoms with Crippen molar-refractivity contribution in [3.05, 3.63) is 66.5 Å². The average Bonchev–Trinajstić information content (AvgIpc) is 3.28. The van der Waals surface area contributed by atoms with Crippen LogP contribution < -0.4 is 5.32 Å². The van der Waals surface area contributed by atoms with Gasteiger partial charge in [0.1, 0.15) is 5.52 Å². The number of amides is 1. The second kappa shape index (κ2) is 7.07. The molecule has 0 aliphatic heterocycles. The molecule has 136 valence electrons. The third-order valence-electron chi connectivity index (χ3n) is 4.28. The van der Waals surface area contributed by atoms with Crippen molar-refractivity contribution in [3.63, 3.8) is 0 Å². The van der Waals surface area contributed by atoms with Crippen LogP contribution in [-0.4, -0.2) is 20.6 Å². The predicted molar refractivity (Wildman–Crippen MR) is 104 cm³/mol. The molecule has 4 rings (SSSR count). The second-order valence-electron chi connectivity index (χ2n) is 6.86. The van der Waals surface area contributed by atoms with Gasteiger partial charge in [-0.25, -0.2) is 4.98 Å². The molecule has 0 unspecified atom stereocenters. The number of hydrogen-bond donors (Lipinski definition) is 1. The summed E-state index contributed by atoms with van der Waals surface area (Å²) in [5.41, 5.74) is 2.17. The molecule has 0 atom stereocenters. The summed E-state index contributed by atoms with van der Waals surface area (Å²) in [5.74, 6) is 1.44. The molecular weight excluding hydrogens is 340 g/mol. The van der Waals surface area contributed by atoms with Crippen LogP contribution in [0.1, 0.15) is 24.2 Å². The molecule has 0 fully saturated rings. The number of nitrogens with zero attached hydrogens (tertiary/aromatic N) is 3. The lowest BCUT2D eigenvalue weighted by molar-refractivity contribution is 0.102. The van der Waals surface area contributed by atoms with Gasteiger partial charge in [0.05, 0.1) is 5.39 Å². The van der Waals surface area contributed by atoms with Crippen LogP contribution in [-0.2, 0) is 6.54 Å². The zero-order valence-corrected chi connectivity index (χ0v) is 15.2. The summed E-state index contributed by atoms with van der Waals surface area (Å²) in [6.45, 7) is 5.03. The molecule has 0 saturated heterocycles. The zero-order chi connectivity index (χ0) is 18.8. The van der Waals surface area contributed by atoms with E-state index in [0.29, 0.717) is 28.7 Å². The fraction of sp³-hybridized carbons (Fsp3) is 0.190. The number of nitrogens with one attached hydrogen (secondary N) is 1. The molecule has 0 aliphatic rings. The van der Waals surface area contributed by atoms with Crippen LogP contribution in [0.4, 0.5) is 5.95 Å².